The molecule has 8 heteroatoms. The Hall–Kier alpha value is -3.00. The lowest BCUT2D eigenvalue weighted by atomic mass is 9.98. The first-order valence-corrected chi connectivity index (χ1v) is 12.1. The van der Waals surface area contributed by atoms with Crippen LogP contribution in [0.1, 0.15) is 35.2 Å². The molecule has 4 rings (SSSR count). The summed E-state index contributed by atoms with van der Waals surface area (Å²) in [7, 11) is 0. The predicted molar refractivity (Wildman–Crippen MR) is 129 cm³/mol. The van der Waals surface area contributed by atoms with Crippen molar-refractivity contribution >= 4 is 29.2 Å². The number of nitrogens with zero attached hydrogens (tertiary/aromatic N) is 3. The molecule has 33 heavy (non-hydrogen) atoms. The minimum Gasteiger partial charge on any atom is -0.356 e. The maximum atomic E-state index is 14.0. The summed E-state index contributed by atoms with van der Waals surface area (Å²) in [5.41, 5.74) is 3.53. The fraction of sp³-hybridized carbons (Fsp3) is 0.320. The Morgan fingerprint density at radius 1 is 1.15 bits per heavy atom. The van der Waals surface area contributed by atoms with E-state index in [2.05, 4.69) is 15.3 Å². The molecular formula is C25H26F2N4OS. The average molecular weight is 469 g/mol. The molecule has 1 aliphatic rings. The number of anilines is 2. The van der Waals surface area contributed by atoms with Gasteiger partial charge < -0.3 is 10.2 Å². The van der Waals surface area contributed by atoms with Crippen LogP contribution in [0.5, 0.6) is 0 Å². The molecule has 172 valence electrons. The fourth-order valence-corrected chi connectivity index (χ4v) is 4.55. The lowest BCUT2D eigenvalue weighted by molar-refractivity contribution is -0.0102. The van der Waals surface area contributed by atoms with Crippen LogP contribution in [0.25, 0.3) is 11.1 Å². The van der Waals surface area contributed by atoms with Crippen LogP contribution in [0.15, 0.2) is 59.9 Å². The molecule has 2 aromatic heterocycles. The van der Waals surface area contributed by atoms with Crippen LogP contribution < -0.4 is 10.2 Å². The molecule has 5 nitrogen and oxygen atoms in total. The minimum atomic E-state index is -2.69. The maximum absolute atomic E-state index is 14.0. The molecule has 0 unspecified atom stereocenters. The number of carbonyl (C=O) groups is 1. The van der Waals surface area contributed by atoms with Gasteiger partial charge in [-0.15, -0.1) is 11.8 Å². The number of aromatic nitrogens is 2. The smallest absolute Gasteiger partial charge is 0.259 e. The van der Waals surface area contributed by atoms with Crippen molar-refractivity contribution in [1.29, 1.82) is 0 Å². The van der Waals surface area contributed by atoms with Crippen molar-refractivity contribution in [2.45, 2.75) is 37.0 Å². The third kappa shape index (κ3) is 5.33. The Morgan fingerprint density at radius 2 is 1.94 bits per heavy atom. The Bertz CT molecular complexity index is 1140. The number of carbonyl (C=O) groups excluding carboxylic acids is 1. The maximum Gasteiger partial charge on any atom is 0.259 e. The summed E-state index contributed by atoms with van der Waals surface area (Å²) in [6, 6.07) is 11.3. The molecule has 1 saturated heterocycles. The minimum absolute atomic E-state index is 0.149. The highest BCUT2D eigenvalue weighted by Crippen LogP contribution is 2.34. The van der Waals surface area contributed by atoms with E-state index in [9.17, 15) is 13.6 Å². The Balaban J connectivity index is 1.76. The van der Waals surface area contributed by atoms with Crippen molar-refractivity contribution in [2.24, 2.45) is 0 Å². The van der Waals surface area contributed by atoms with E-state index in [0.29, 0.717) is 30.0 Å². The van der Waals surface area contributed by atoms with Gasteiger partial charge in [0.25, 0.3) is 5.91 Å². The van der Waals surface area contributed by atoms with Crippen LogP contribution in [-0.4, -0.2) is 41.1 Å². The van der Waals surface area contributed by atoms with E-state index in [1.54, 1.807) is 30.4 Å². The summed E-state index contributed by atoms with van der Waals surface area (Å²) >= 11 is 1.59. The van der Waals surface area contributed by atoms with Crippen molar-refractivity contribution in [3.63, 3.8) is 0 Å². The van der Waals surface area contributed by atoms with E-state index in [4.69, 9.17) is 0 Å². The van der Waals surface area contributed by atoms with Gasteiger partial charge in [0.2, 0.25) is 5.92 Å². The number of pyridine rings is 2. The zero-order valence-electron chi connectivity index (χ0n) is 18.6. The quantitative estimate of drug-likeness (QED) is 0.462. The van der Waals surface area contributed by atoms with Gasteiger partial charge in [0.1, 0.15) is 5.82 Å². The number of thioether (sulfide) groups is 1. The second-order valence-electron chi connectivity index (χ2n) is 8.11. The SMILES string of the molecule is CSc1cccc(NC(=O)c2c(N3CCCC(F)(F)CC3)ncc(-c3ccncc3)c2C)c1. The van der Waals surface area contributed by atoms with Gasteiger partial charge in [-0.2, -0.15) is 0 Å². The van der Waals surface area contributed by atoms with E-state index < -0.39 is 5.92 Å². The molecule has 0 saturated carbocycles. The van der Waals surface area contributed by atoms with E-state index >= 15 is 0 Å². The number of halogens is 2. The first-order chi connectivity index (χ1) is 15.9. The number of nitrogens with one attached hydrogen (secondary N) is 1. The number of hydrogen-bond donors (Lipinski definition) is 1. The summed E-state index contributed by atoms with van der Waals surface area (Å²) in [4.78, 5) is 25.1. The van der Waals surface area contributed by atoms with Gasteiger partial charge in [0.15, 0.2) is 0 Å². The first kappa shape index (κ1) is 23.2. The molecule has 3 aromatic rings. The van der Waals surface area contributed by atoms with Gasteiger partial charge in [-0.05, 0) is 61.1 Å². The van der Waals surface area contributed by atoms with Gasteiger partial charge in [-0.25, -0.2) is 13.8 Å². The standard InChI is InChI=1S/C25H26F2N4OS/c1-17-21(18-7-11-28-12-8-18)16-29-23(31-13-4-9-25(26,27)10-14-31)22(17)24(32)30-19-5-3-6-20(15-19)33-2/h3,5-8,11-12,15-16H,4,9-10,13-14H2,1-2H3,(H,30,32). The Kier molecular flexibility index (Phi) is 6.93. The highest BCUT2D eigenvalue weighted by molar-refractivity contribution is 7.98. The predicted octanol–water partition coefficient (Wildman–Crippen LogP) is 6.05. The summed E-state index contributed by atoms with van der Waals surface area (Å²) < 4.78 is 28.0. The molecule has 1 aromatic carbocycles. The monoisotopic (exact) mass is 468 g/mol. The van der Waals surface area contributed by atoms with Crippen LogP contribution in [0, 0.1) is 6.92 Å². The van der Waals surface area contributed by atoms with E-state index in [-0.39, 0.29) is 25.3 Å². The second kappa shape index (κ2) is 9.87. The summed E-state index contributed by atoms with van der Waals surface area (Å²) in [5.74, 6) is -2.55. The van der Waals surface area contributed by atoms with Crippen molar-refractivity contribution in [1.82, 2.24) is 9.97 Å². The van der Waals surface area contributed by atoms with Gasteiger partial charge in [0, 0.05) is 60.7 Å². The Morgan fingerprint density at radius 3 is 2.70 bits per heavy atom. The lowest BCUT2D eigenvalue weighted by Crippen LogP contribution is -2.30. The van der Waals surface area contributed by atoms with E-state index in [1.807, 2.05) is 54.5 Å². The van der Waals surface area contributed by atoms with Gasteiger partial charge in [-0.3, -0.25) is 9.78 Å². The number of benzene rings is 1. The molecule has 1 fully saturated rings. The highest BCUT2D eigenvalue weighted by Gasteiger charge is 2.33. The lowest BCUT2D eigenvalue weighted by Gasteiger charge is -2.26. The molecule has 0 bridgehead atoms. The molecule has 1 aliphatic heterocycles. The van der Waals surface area contributed by atoms with Crippen LogP contribution in [0.4, 0.5) is 20.3 Å². The van der Waals surface area contributed by atoms with Crippen molar-refractivity contribution in [2.75, 3.05) is 29.6 Å². The molecular weight excluding hydrogens is 442 g/mol. The molecule has 3 heterocycles. The average Bonchev–Trinajstić information content (AvgIpc) is 2.99. The van der Waals surface area contributed by atoms with Crippen molar-refractivity contribution in [3.05, 3.63) is 66.1 Å². The van der Waals surface area contributed by atoms with Gasteiger partial charge >= 0.3 is 0 Å². The van der Waals surface area contributed by atoms with Crippen molar-refractivity contribution < 1.29 is 13.6 Å². The number of hydrogen-bond acceptors (Lipinski definition) is 5. The fourth-order valence-electron chi connectivity index (χ4n) is 4.09. The summed E-state index contributed by atoms with van der Waals surface area (Å²) in [5, 5.41) is 2.98. The Labute approximate surface area is 196 Å². The zero-order chi connectivity index (χ0) is 23.4. The molecule has 0 radical (unpaired) electrons. The van der Waals surface area contributed by atoms with Crippen LogP contribution in [-0.2, 0) is 0 Å². The number of rotatable bonds is 5. The third-order valence-electron chi connectivity index (χ3n) is 5.88. The number of alkyl halides is 2. The molecule has 0 aliphatic carbocycles. The van der Waals surface area contributed by atoms with Gasteiger partial charge in [-0.1, -0.05) is 6.07 Å². The summed E-state index contributed by atoms with van der Waals surface area (Å²) in [6.45, 7) is 2.45. The van der Waals surface area contributed by atoms with Crippen LogP contribution >= 0.6 is 11.8 Å². The topological polar surface area (TPSA) is 58.1 Å². The zero-order valence-corrected chi connectivity index (χ0v) is 19.5. The van der Waals surface area contributed by atoms with Gasteiger partial charge in [0.05, 0.1) is 5.56 Å². The van der Waals surface area contributed by atoms with Crippen molar-refractivity contribution in [3.8, 4) is 11.1 Å². The first-order valence-electron chi connectivity index (χ1n) is 10.9. The summed E-state index contributed by atoms with van der Waals surface area (Å²) in [6.07, 6.45) is 7.00. The highest BCUT2D eigenvalue weighted by atomic mass is 32.2. The second-order valence-corrected chi connectivity index (χ2v) is 8.99. The molecule has 1 amide bonds. The molecule has 0 atom stereocenters. The third-order valence-corrected chi connectivity index (χ3v) is 6.61. The number of amides is 1. The van der Waals surface area contributed by atoms with Crippen LogP contribution in [0.3, 0.4) is 0 Å². The molecule has 1 N–H and O–H groups in total. The van der Waals surface area contributed by atoms with E-state index in [1.165, 1.54) is 0 Å². The normalized spacial score (nSPS) is 15.7. The largest absolute Gasteiger partial charge is 0.356 e. The molecule has 0 spiro atoms. The van der Waals surface area contributed by atoms with Crippen LogP contribution in [0.2, 0.25) is 0 Å². The van der Waals surface area contributed by atoms with E-state index in [0.717, 1.165) is 21.6 Å².